The number of ether oxygens (including phenoxy) is 1. The average Bonchev–Trinajstić information content (AvgIpc) is 2.32. The molecule has 0 aliphatic carbocycles. The smallest absolute Gasteiger partial charge is 0.141 e. The molecule has 0 spiro atoms. The summed E-state index contributed by atoms with van der Waals surface area (Å²) in [5.74, 6) is 0.508. The lowest BCUT2D eigenvalue weighted by atomic mass is 10.2. The lowest BCUT2D eigenvalue weighted by Gasteiger charge is -2.12. The van der Waals surface area contributed by atoms with Crippen LogP contribution >= 0.6 is 39.7 Å². The van der Waals surface area contributed by atoms with Crippen molar-refractivity contribution in [1.82, 2.24) is 0 Å². The van der Waals surface area contributed by atoms with E-state index in [1.165, 1.54) is 18.2 Å². The van der Waals surface area contributed by atoms with Gasteiger partial charge in [0, 0.05) is 0 Å². The van der Waals surface area contributed by atoms with E-state index >= 15 is 0 Å². The first-order chi connectivity index (χ1) is 8.99. The molecule has 2 aromatic carbocycles. The summed E-state index contributed by atoms with van der Waals surface area (Å²) >= 11 is 14.2. The van der Waals surface area contributed by atoms with Crippen molar-refractivity contribution in [2.24, 2.45) is 5.73 Å². The SMILES string of the molecule is NC(=S)c1c(Cl)cccc1Oc1ccc(F)cc1Br. The molecule has 2 N–H and O–H groups in total. The summed E-state index contributed by atoms with van der Waals surface area (Å²) in [4.78, 5) is 0.138. The first-order valence-electron chi connectivity index (χ1n) is 5.20. The standard InChI is InChI=1S/C13H8BrClFNOS/c14-8-6-7(16)4-5-10(8)18-11-3-1-2-9(15)12(11)13(17)19/h1-6H,(H2,17,19). The summed E-state index contributed by atoms with van der Waals surface area (Å²) in [5.41, 5.74) is 6.08. The van der Waals surface area contributed by atoms with E-state index in [0.29, 0.717) is 26.6 Å². The fourth-order valence-electron chi connectivity index (χ4n) is 1.50. The van der Waals surface area contributed by atoms with Crippen molar-refractivity contribution in [3.8, 4) is 11.5 Å². The molecule has 0 aromatic heterocycles. The molecule has 0 unspecified atom stereocenters. The summed E-state index contributed by atoms with van der Waals surface area (Å²) in [6.45, 7) is 0. The van der Waals surface area contributed by atoms with Crippen LogP contribution in [-0.2, 0) is 0 Å². The molecule has 2 rings (SSSR count). The van der Waals surface area contributed by atoms with E-state index in [-0.39, 0.29) is 10.8 Å². The van der Waals surface area contributed by atoms with Gasteiger partial charge in [-0.25, -0.2) is 4.39 Å². The van der Waals surface area contributed by atoms with Crippen LogP contribution in [0.25, 0.3) is 0 Å². The Labute approximate surface area is 128 Å². The minimum absolute atomic E-state index is 0.138. The third-order valence-electron chi connectivity index (χ3n) is 2.34. The molecule has 2 nitrogen and oxygen atoms in total. The Morgan fingerprint density at radius 3 is 2.63 bits per heavy atom. The normalized spacial score (nSPS) is 10.3. The van der Waals surface area contributed by atoms with Gasteiger partial charge >= 0.3 is 0 Å². The minimum atomic E-state index is -0.361. The molecule has 0 atom stereocenters. The van der Waals surface area contributed by atoms with Gasteiger partial charge in [-0.15, -0.1) is 0 Å². The van der Waals surface area contributed by atoms with Crippen molar-refractivity contribution in [1.29, 1.82) is 0 Å². The topological polar surface area (TPSA) is 35.2 Å². The highest BCUT2D eigenvalue weighted by Crippen LogP contribution is 2.34. The average molecular weight is 361 g/mol. The second-order valence-corrected chi connectivity index (χ2v) is 5.36. The molecule has 0 saturated carbocycles. The monoisotopic (exact) mass is 359 g/mol. The number of hydrogen-bond donors (Lipinski definition) is 1. The zero-order valence-electron chi connectivity index (χ0n) is 9.49. The second-order valence-electron chi connectivity index (χ2n) is 3.65. The van der Waals surface area contributed by atoms with E-state index in [0.717, 1.165) is 0 Å². The number of rotatable bonds is 3. The van der Waals surface area contributed by atoms with Gasteiger partial charge in [-0.3, -0.25) is 0 Å². The van der Waals surface area contributed by atoms with Gasteiger partial charge in [0.1, 0.15) is 22.3 Å². The van der Waals surface area contributed by atoms with Gasteiger partial charge < -0.3 is 10.5 Å². The van der Waals surface area contributed by atoms with Gasteiger partial charge in [0.25, 0.3) is 0 Å². The largest absolute Gasteiger partial charge is 0.455 e. The Balaban J connectivity index is 2.44. The molecule has 0 aliphatic heterocycles. The molecule has 0 amide bonds. The Hall–Kier alpha value is -1.17. The molecule has 19 heavy (non-hydrogen) atoms. The van der Waals surface area contributed by atoms with E-state index in [2.05, 4.69) is 15.9 Å². The van der Waals surface area contributed by atoms with E-state index in [1.54, 1.807) is 18.2 Å². The molecule has 98 valence electrons. The van der Waals surface area contributed by atoms with Crippen molar-refractivity contribution >= 4 is 44.7 Å². The third kappa shape index (κ3) is 3.23. The predicted octanol–water partition coefficient (Wildman–Crippen LogP) is 4.67. The van der Waals surface area contributed by atoms with E-state index in [4.69, 9.17) is 34.3 Å². The van der Waals surface area contributed by atoms with Crippen LogP contribution in [-0.4, -0.2) is 4.99 Å². The maximum Gasteiger partial charge on any atom is 0.141 e. The van der Waals surface area contributed by atoms with Gasteiger partial charge in [0.15, 0.2) is 0 Å². The van der Waals surface area contributed by atoms with Crippen molar-refractivity contribution in [2.75, 3.05) is 0 Å². The maximum absolute atomic E-state index is 13.0. The van der Waals surface area contributed by atoms with Crippen molar-refractivity contribution < 1.29 is 9.13 Å². The molecular formula is C13H8BrClFNOS. The van der Waals surface area contributed by atoms with Crippen LogP contribution in [0.5, 0.6) is 11.5 Å². The van der Waals surface area contributed by atoms with Crippen LogP contribution in [0.4, 0.5) is 4.39 Å². The van der Waals surface area contributed by atoms with E-state index in [1.807, 2.05) is 0 Å². The zero-order chi connectivity index (χ0) is 14.0. The summed E-state index contributed by atoms with van der Waals surface area (Å²) in [7, 11) is 0. The fourth-order valence-corrected chi connectivity index (χ4v) is 2.47. The first kappa shape index (κ1) is 14.2. The van der Waals surface area contributed by atoms with Gasteiger partial charge in [-0.2, -0.15) is 0 Å². The van der Waals surface area contributed by atoms with Crippen molar-refractivity contribution in [2.45, 2.75) is 0 Å². The van der Waals surface area contributed by atoms with Gasteiger partial charge in [0.2, 0.25) is 0 Å². The van der Waals surface area contributed by atoms with Crippen LogP contribution < -0.4 is 10.5 Å². The number of thiocarbonyl (C=S) groups is 1. The maximum atomic E-state index is 13.0. The Morgan fingerprint density at radius 2 is 2.00 bits per heavy atom. The van der Waals surface area contributed by atoms with Gasteiger partial charge in [-0.05, 0) is 46.3 Å². The lowest BCUT2D eigenvalue weighted by Crippen LogP contribution is -2.11. The Kier molecular flexibility index (Phi) is 4.39. The van der Waals surface area contributed by atoms with E-state index in [9.17, 15) is 4.39 Å². The summed E-state index contributed by atoms with van der Waals surface area (Å²) in [5, 5.41) is 0.406. The highest BCUT2D eigenvalue weighted by atomic mass is 79.9. The molecule has 2 aromatic rings. The molecule has 0 fully saturated rings. The summed E-state index contributed by atoms with van der Waals surface area (Å²) in [6.07, 6.45) is 0. The summed E-state index contributed by atoms with van der Waals surface area (Å²) in [6, 6.07) is 9.19. The Bertz CT molecular complexity index is 651. The molecular weight excluding hydrogens is 353 g/mol. The van der Waals surface area contributed by atoms with Crippen LogP contribution in [0.2, 0.25) is 5.02 Å². The van der Waals surface area contributed by atoms with Gasteiger partial charge in [-0.1, -0.05) is 29.9 Å². The van der Waals surface area contributed by atoms with Crippen LogP contribution in [0.3, 0.4) is 0 Å². The lowest BCUT2D eigenvalue weighted by molar-refractivity contribution is 0.476. The quantitative estimate of drug-likeness (QED) is 0.808. The third-order valence-corrected chi connectivity index (χ3v) is 3.47. The molecule has 0 aliphatic rings. The van der Waals surface area contributed by atoms with Gasteiger partial charge in [0.05, 0.1) is 15.1 Å². The second kappa shape index (κ2) is 5.86. The molecule has 0 bridgehead atoms. The first-order valence-corrected chi connectivity index (χ1v) is 6.78. The number of halogens is 3. The van der Waals surface area contributed by atoms with Crippen molar-refractivity contribution in [3.63, 3.8) is 0 Å². The molecule has 0 saturated heterocycles. The number of hydrogen-bond acceptors (Lipinski definition) is 2. The highest BCUT2D eigenvalue weighted by Gasteiger charge is 2.13. The van der Waals surface area contributed by atoms with Crippen LogP contribution in [0, 0.1) is 5.82 Å². The zero-order valence-corrected chi connectivity index (χ0v) is 12.7. The molecule has 0 radical (unpaired) electrons. The van der Waals surface area contributed by atoms with Crippen molar-refractivity contribution in [3.05, 3.63) is 57.3 Å². The Morgan fingerprint density at radius 1 is 1.26 bits per heavy atom. The van der Waals surface area contributed by atoms with E-state index < -0.39 is 0 Å². The minimum Gasteiger partial charge on any atom is -0.455 e. The summed E-state index contributed by atoms with van der Waals surface area (Å²) < 4.78 is 19.2. The predicted molar refractivity (Wildman–Crippen MR) is 81.5 cm³/mol. The highest BCUT2D eigenvalue weighted by molar-refractivity contribution is 9.10. The number of nitrogens with two attached hydrogens (primary N) is 1. The molecule has 0 heterocycles. The molecule has 6 heteroatoms. The van der Waals surface area contributed by atoms with Crippen LogP contribution in [0.15, 0.2) is 40.9 Å². The number of benzene rings is 2. The van der Waals surface area contributed by atoms with Crippen LogP contribution in [0.1, 0.15) is 5.56 Å². The fraction of sp³-hybridized carbons (Fsp3) is 0.